The van der Waals surface area contributed by atoms with Gasteiger partial charge in [0, 0.05) is 0 Å². The van der Waals surface area contributed by atoms with Gasteiger partial charge in [-0.1, -0.05) is 444 Å². The van der Waals surface area contributed by atoms with E-state index in [0.717, 1.165) is 109 Å². The van der Waals surface area contributed by atoms with Gasteiger partial charge in [0.05, 0.1) is 13.2 Å². The van der Waals surface area contributed by atoms with Crippen molar-refractivity contribution in [1.82, 2.24) is 0 Å². The van der Waals surface area contributed by atoms with E-state index in [1.54, 1.807) is 0 Å². The van der Waals surface area contributed by atoms with E-state index in [0.29, 0.717) is 16.2 Å². The molecule has 0 heterocycles. The number of alkyl halides is 12. The average Bonchev–Trinajstić information content (AvgIpc) is 0.816. The molecule has 128 heavy (non-hydrogen) atoms. The minimum atomic E-state index is -4.59. The van der Waals surface area contributed by atoms with Crippen molar-refractivity contribution in [2.75, 3.05) is 13.2 Å². The van der Waals surface area contributed by atoms with E-state index in [9.17, 15) is 71.9 Å². The molecule has 0 aliphatic heterocycles. The topological polar surface area (TPSA) is 105 Å². The number of hydrogen-bond acceptors (Lipinski definition) is 8. The lowest BCUT2D eigenvalue weighted by atomic mass is 9.83. The molecule has 806 valence electrons. The lowest BCUT2D eigenvalue weighted by molar-refractivity contribution is -0.236. The Morgan fingerprint density at radius 2 is 0.484 bits per heavy atom. The van der Waals surface area contributed by atoms with Gasteiger partial charge in [0.15, 0.2) is 21.7 Å². The molecule has 0 saturated heterocycles. The molecule has 1 saturated carbocycles. The van der Waals surface area contributed by atoms with Crippen LogP contribution >= 0.6 is 0 Å². The van der Waals surface area contributed by atoms with Crippen LogP contribution in [-0.2, 0) is 38.1 Å². The van der Waals surface area contributed by atoms with Crippen LogP contribution in [0.2, 0.25) is 0 Å². The highest BCUT2D eigenvalue weighted by atomic mass is 19.4. The summed E-state index contributed by atoms with van der Waals surface area (Å²) in [6.07, 6.45) is 5.30. The number of halogens is 12. The first kappa shape index (κ1) is 185. The molecule has 1 rings (SSSR count). The minimum Gasteiger partial charge on any atom is -0.465 e. The molecule has 1 aliphatic rings. The first-order valence-electron chi connectivity index (χ1n) is 43.6. The van der Waals surface area contributed by atoms with Crippen molar-refractivity contribution >= 4 is 23.9 Å². The van der Waals surface area contributed by atoms with Crippen LogP contribution in [-0.4, -0.2) is 74.0 Å². The van der Waals surface area contributed by atoms with Gasteiger partial charge < -0.3 is 18.9 Å². The standard InChI is InChI=1S/2C14H25F3O2.2C13H23F3O2.C11H22.3C9H20.16CH4/c2*1-5-8-9-11(6-2)10-19-12(18)13(4,7-3)14(15,16)17;2*1-7-12(6,13(14,15)16)11(17)18-10(8(2)3)9(4)5;1-3-10(2)9-11-7-5-4-6-8-11;3*1-6-8(2)7-9(3,4)5;;;;;;;;;;;;;;;;/h2*11H,5-10H2,1-4H3;2*8-10H,7H2,1-6H3;10-11H,3-9H2,1-2H3;3*8H,6-7H2,1-5H3;16*1H4. The molecular weight excluding hydrogens is 1650 g/mol. The predicted octanol–water partition coefficient (Wildman–Crippen LogP) is 42.4. The number of ether oxygens (including phenoxy) is 4. The third kappa shape index (κ3) is 81.4. The van der Waals surface area contributed by atoms with E-state index in [4.69, 9.17) is 18.9 Å². The lowest BCUT2D eigenvalue weighted by Gasteiger charge is -2.33. The number of carbonyl (C=O) groups is 4. The normalized spacial score (nSPS) is 14.9. The summed E-state index contributed by atoms with van der Waals surface area (Å²) >= 11 is 0. The highest BCUT2D eigenvalue weighted by molar-refractivity contribution is 5.79. The maximum absolute atomic E-state index is 12.9. The number of hydrogen-bond donors (Lipinski definition) is 0. The maximum atomic E-state index is 12.9. The zero-order valence-corrected chi connectivity index (χ0v) is 78.9. The SMILES string of the molecule is C.C.C.C.C.C.C.C.C.C.C.C.C.C.C.C.CCC(C)(C(=O)OC(C(C)C)C(C)C)C(F)(F)F.CCC(C)(C(=O)OC(C(C)C)C(C)C)C(F)(F)F.CCC(C)CC(C)(C)C.CCC(C)CC(C)(C)C.CCC(C)CC(C)(C)C.CCC(C)CC1CCCCC1.CCCCC(CC)COC(=O)C(C)(CC)C(F)(F)F.CCCCC(CC)COC(=O)C(C)(CC)C(F)(F)F. The third-order valence-corrected chi connectivity index (χ3v) is 22.4. The average molecular weight is 1900 g/mol. The molecule has 20 heteroatoms. The van der Waals surface area contributed by atoms with Crippen molar-refractivity contribution < 1.29 is 90.8 Å². The molecule has 1 fully saturated rings. The fourth-order valence-corrected chi connectivity index (χ4v) is 12.7. The summed E-state index contributed by atoms with van der Waals surface area (Å²) in [6.45, 7) is 71.0. The van der Waals surface area contributed by atoms with Crippen molar-refractivity contribution in [2.45, 2.75) is 572 Å². The summed E-state index contributed by atoms with van der Waals surface area (Å²) in [5, 5.41) is 0. The molecule has 0 spiro atoms. The minimum absolute atomic E-state index is 0. The van der Waals surface area contributed by atoms with E-state index in [1.165, 1.54) is 111 Å². The van der Waals surface area contributed by atoms with Crippen molar-refractivity contribution in [1.29, 1.82) is 0 Å². The summed E-state index contributed by atoms with van der Waals surface area (Å²) in [6, 6.07) is 0. The largest absolute Gasteiger partial charge is 0.465 e. The van der Waals surface area contributed by atoms with Crippen molar-refractivity contribution in [2.24, 2.45) is 103 Å². The number of unbranched alkanes of at least 4 members (excludes halogenated alkanes) is 2. The van der Waals surface area contributed by atoms with Crippen LogP contribution in [0.4, 0.5) is 52.7 Å². The van der Waals surface area contributed by atoms with Gasteiger partial charge in [-0.05, 0) is 173 Å². The highest BCUT2D eigenvalue weighted by Gasteiger charge is 2.60. The number of rotatable bonds is 35. The Kier molecular flexibility index (Phi) is 129. The molecule has 0 amide bonds. The molecule has 0 radical (unpaired) electrons. The highest BCUT2D eigenvalue weighted by Crippen LogP contribution is 2.46. The molecule has 10 atom stereocenters. The summed E-state index contributed by atoms with van der Waals surface area (Å²) in [7, 11) is 0. The molecule has 0 bridgehead atoms. The van der Waals surface area contributed by atoms with Gasteiger partial charge in [-0.15, -0.1) is 0 Å². The number of esters is 4. The van der Waals surface area contributed by atoms with Crippen LogP contribution in [0.1, 0.15) is 536 Å². The second-order valence-electron chi connectivity index (χ2n) is 38.6. The number of carbonyl (C=O) groups excluding carboxylic acids is 4. The second kappa shape index (κ2) is 89.3. The molecule has 10 unspecified atom stereocenters. The van der Waals surface area contributed by atoms with Crippen LogP contribution in [0.15, 0.2) is 0 Å². The first-order valence-corrected chi connectivity index (χ1v) is 43.6. The predicted molar refractivity (Wildman–Crippen MR) is 554 cm³/mol. The van der Waals surface area contributed by atoms with Crippen LogP contribution in [0.3, 0.4) is 0 Å². The third-order valence-electron chi connectivity index (χ3n) is 22.4. The Labute approximate surface area is 799 Å². The van der Waals surface area contributed by atoms with E-state index in [1.807, 2.05) is 69.2 Å². The van der Waals surface area contributed by atoms with Crippen molar-refractivity contribution in [3.8, 4) is 0 Å². The Balaban J connectivity index is -0.0000000468. The molecule has 0 aromatic carbocycles. The Morgan fingerprint density at radius 1 is 0.289 bits per heavy atom. The van der Waals surface area contributed by atoms with Gasteiger partial charge in [-0.3, -0.25) is 19.2 Å². The van der Waals surface area contributed by atoms with Gasteiger partial charge in [-0.2, -0.15) is 52.7 Å². The van der Waals surface area contributed by atoms with Crippen LogP contribution < -0.4 is 0 Å². The fraction of sp³-hybridized carbons (Fsp3) is 0.963. The van der Waals surface area contributed by atoms with Crippen LogP contribution in [0.25, 0.3) is 0 Å². The van der Waals surface area contributed by atoms with Crippen molar-refractivity contribution in [3.63, 3.8) is 0 Å². The van der Waals surface area contributed by atoms with E-state index in [2.05, 4.69) is 132 Å². The van der Waals surface area contributed by atoms with Gasteiger partial charge in [-0.25, -0.2) is 0 Å². The van der Waals surface area contributed by atoms with Crippen LogP contribution in [0.5, 0.6) is 0 Å². The maximum Gasteiger partial charge on any atom is 0.404 e. The Morgan fingerprint density at radius 3 is 0.625 bits per heavy atom. The lowest BCUT2D eigenvalue weighted by Crippen LogP contribution is -2.45. The van der Waals surface area contributed by atoms with Gasteiger partial charge in [0.1, 0.15) is 12.2 Å². The molecular formula is C108H242F12O8. The zero-order chi connectivity index (χ0) is 90.2. The van der Waals surface area contributed by atoms with Gasteiger partial charge >= 0.3 is 48.6 Å². The zero-order valence-electron chi connectivity index (χ0n) is 78.9. The molecule has 0 aromatic heterocycles. The molecule has 1 aliphatic carbocycles. The Hall–Kier alpha value is -2.96. The smallest absolute Gasteiger partial charge is 0.404 e. The fourth-order valence-electron chi connectivity index (χ4n) is 12.7. The first-order chi connectivity index (χ1) is 50.6. The summed E-state index contributed by atoms with van der Waals surface area (Å²) in [5.41, 5.74) is -8.06. The van der Waals surface area contributed by atoms with E-state index < -0.39 is 82.5 Å². The van der Waals surface area contributed by atoms with Gasteiger partial charge in [0.25, 0.3) is 0 Å². The Bertz CT molecular complexity index is 2160. The van der Waals surface area contributed by atoms with Crippen LogP contribution in [0, 0.1) is 103 Å². The molecule has 8 nitrogen and oxygen atoms in total. The summed E-state index contributed by atoms with van der Waals surface area (Å²) in [4.78, 5) is 47.0. The second-order valence-corrected chi connectivity index (χ2v) is 38.6. The van der Waals surface area contributed by atoms with Gasteiger partial charge in [0.2, 0.25) is 0 Å². The van der Waals surface area contributed by atoms with Crippen molar-refractivity contribution in [3.05, 3.63) is 0 Å². The molecule has 0 aromatic rings. The van der Waals surface area contributed by atoms with E-state index in [-0.39, 0.29) is 193 Å². The molecule has 0 N–H and O–H groups in total. The summed E-state index contributed by atoms with van der Waals surface area (Å²) in [5.74, 6) is 0.330. The summed E-state index contributed by atoms with van der Waals surface area (Å²) < 4.78 is 175. The monoisotopic (exact) mass is 1900 g/mol. The quantitative estimate of drug-likeness (QED) is 0.0351. The van der Waals surface area contributed by atoms with E-state index >= 15 is 0 Å².